The van der Waals surface area contributed by atoms with Crippen LogP contribution in [0.5, 0.6) is 0 Å². The number of nitrogens with two attached hydrogens (primary N) is 1. The molecule has 98 valence electrons. The molecule has 4 unspecified atom stereocenters. The second kappa shape index (κ2) is 5.83. The first kappa shape index (κ1) is 12.8. The Balaban J connectivity index is 1.78. The van der Waals surface area contributed by atoms with Crippen molar-refractivity contribution >= 4 is 5.91 Å². The lowest BCUT2D eigenvalue weighted by Crippen LogP contribution is -2.45. The van der Waals surface area contributed by atoms with Crippen molar-refractivity contribution in [3.8, 4) is 0 Å². The molecule has 1 saturated heterocycles. The summed E-state index contributed by atoms with van der Waals surface area (Å²) in [6.07, 6.45) is 4.19. The Hall–Kier alpha value is -0.610. The van der Waals surface area contributed by atoms with Crippen LogP contribution in [-0.2, 0) is 9.53 Å². The van der Waals surface area contributed by atoms with E-state index in [2.05, 4.69) is 12.2 Å². The molecule has 4 nitrogen and oxygen atoms in total. The number of hydrogen-bond acceptors (Lipinski definition) is 3. The number of rotatable bonds is 3. The molecule has 17 heavy (non-hydrogen) atoms. The van der Waals surface area contributed by atoms with Gasteiger partial charge in [0.1, 0.15) is 0 Å². The molecule has 0 aromatic carbocycles. The molecule has 3 N–H and O–H groups in total. The summed E-state index contributed by atoms with van der Waals surface area (Å²) in [5.41, 5.74) is 6.02. The molecule has 0 aromatic heterocycles. The lowest BCUT2D eigenvalue weighted by Gasteiger charge is -2.33. The lowest BCUT2D eigenvalue weighted by molar-refractivity contribution is -0.128. The molecule has 4 heteroatoms. The summed E-state index contributed by atoms with van der Waals surface area (Å²) in [7, 11) is 0. The minimum Gasteiger partial charge on any atom is -0.381 e. The van der Waals surface area contributed by atoms with E-state index in [1.807, 2.05) is 0 Å². The first-order valence-corrected chi connectivity index (χ1v) is 6.79. The molecule has 0 aromatic rings. The molecule has 2 rings (SSSR count). The molecule has 1 heterocycles. The van der Waals surface area contributed by atoms with E-state index in [0.717, 1.165) is 45.4 Å². The topological polar surface area (TPSA) is 64.4 Å². The Kier molecular flexibility index (Phi) is 4.40. The van der Waals surface area contributed by atoms with Crippen LogP contribution < -0.4 is 11.1 Å². The van der Waals surface area contributed by atoms with Crippen molar-refractivity contribution in [1.29, 1.82) is 0 Å². The van der Waals surface area contributed by atoms with Gasteiger partial charge in [0.25, 0.3) is 0 Å². The Bertz CT molecular complexity index is 264. The van der Waals surface area contributed by atoms with Crippen LogP contribution in [0.2, 0.25) is 0 Å². The number of amides is 1. The zero-order chi connectivity index (χ0) is 12.3. The lowest BCUT2D eigenvalue weighted by atomic mass is 9.77. The average Bonchev–Trinajstić information content (AvgIpc) is 2.82. The van der Waals surface area contributed by atoms with Crippen LogP contribution in [0, 0.1) is 17.8 Å². The van der Waals surface area contributed by atoms with Crippen LogP contribution in [0.1, 0.15) is 32.6 Å². The molecule has 4 atom stereocenters. The Morgan fingerprint density at radius 3 is 2.94 bits per heavy atom. The maximum atomic E-state index is 12.1. The zero-order valence-electron chi connectivity index (χ0n) is 10.7. The highest BCUT2D eigenvalue weighted by Gasteiger charge is 2.32. The molecule has 2 aliphatic rings. The summed E-state index contributed by atoms with van der Waals surface area (Å²) in [6, 6.07) is 0.189. The third kappa shape index (κ3) is 3.19. The van der Waals surface area contributed by atoms with E-state index >= 15 is 0 Å². The third-order valence-corrected chi connectivity index (χ3v) is 4.29. The zero-order valence-corrected chi connectivity index (χ0v) is 10.7. The number of nitrogens with one attached hydrogen (secondary N) is 1. The fraction of sp³-hybridized carbons (Fsp3) is 0.923. The molecule has 1 saturated carbocycles. The highest BCUT2D eigenvalue weighted by molar-refractivity contribution is 5.79. The van der Waals surface area contributed by atoms with Crippen molar-refractivity contribution in [2.24, 2.45) is 23.5 Å². The van der Waals surface area contributed by atoms with Gasteiger partial charge in [0.2, 0.25) is 5.91 Å². The van der Waals surface area contributed by atoms with Gasteiger partial charge in [-0.1, -0.05) is 13.3 Å². The fourth-order valence-corrected chi connectivity index (χ4v) is 2.89. The second-order valence-corrected chi connectivity index (χ2v) is 5.54. The van der Waals surface area contributed by atoms with Crippen LogP contribution >= 0.6 is 0 Å². The minimum atomic E-state index is 0.112. The Morgan fingerprint density at radius 2 is 2.24 bits per heavy atom. The van der Waals surface area contributed by atoms with Gasteiger partial charge in [-0.05, 0) is 25.2 Å². The van der Waals surface area contributed by atoms with E-state index < -0.39 is 0 Å². The van der Waals surface area contributed by atoms with Gasteiger partial charge in [-0.15, -0.1) is 0 Å². The SMILES string of the molecule is CC1C(N)CCCC1C(=O)NCC1CCOC1. The quantitative estimate of drug-likeness (QED) is 0.770. The van der Waals surface area contributed by atoms with E-state index in [0.29, 0.717) is 11.8 Å². The predicted octanol–water partition coefficient (Wildman–Crippen LogP) is 0.903. The van der Waals surface area contributed by atoms with Crippen LogP contribution in [-0.4, -0.2) is 31.7 Å². The van der Waals surface area contributed by atoms with E-state index in [1.54, 1.807) is 0 Å². The summed E-state index contributed by atoms with van der Waals surface area (Å²) < 4.78 is 5.30. The normalized spacial score (nSPS) is 38.0. The second-order valence-electron chi connectivity index (χ2n) is 5.54. The summed E-state index contributed by atoms with van der Waals surface area (Å²) >= 11 is 0. The molecular formula is C13H24N2O2. The van der Waals surface area contributed by atoms with Crippen LogP contribution in [0.3, 0.4) is 0 Å². The van der Waals surface area contributed by atoms with Crippen molar-refractivity contribution in [2.45, 2.75) is 38.6 Å². The maximum Gasteiger partial charge on any atom is 0.223 e. The number of ether oxygens (including phenoxy) is 1. The first-order chi connectivity index (χ1) is 8.18. The van der Waals surface area contributed by atoms with Crippen molar-refractivity contribution < 1.29 is 9.53 Å². The van der Waals surface area contributed by atoms with Crippen LogP contribution in [0.25, 0.3) is 0 Å². The Labute approximate surface area is 103 Å². The van der Waals surface area contributed by atoms with E-state index in [-0.39, 0.29) is 17.9 Å². The molecule has 0 spiro atoms. The van der Waals surface area contributed by atoms with E-state index in [9.17, 15) is 4.79 Å². The number of hydrogen-bond donors (Lipinski definition) is 2. The van der Waals surface area contributed by atoms with Crippen molar-refractivity contribution in [1.82, 2.24) is 5.32 Å². The average molecular weight is 240 g/mol. The standard InChI is InChI=1S/C13H24N2O2/c1-9-11(3-2-4-12(9)14)13(16)15-7-10-5-6-17-8-10/h9-12H,2-8,14H2,1H3,(H,15,16). The molecule has 0 bridgehead atoms. The molecule has 1 aliphatic heterocycles. The fourth-order valence-electron chi connectivity index (χ4n) is 2.89. The molecule has 2 fully saturated rings. The van der Waals surface area contributed by atoms with E-state index in [4.69, 9.17) is 10.5 Å². The summed E-state index contributed by atoms with van der Waals surface area (Å²) in [4.78, 5) is 12.1. The molecule has 1 amide bonds. The van der Waals surface area contributed by atoms with Gasteiger partial charge >= 0.3 is 0 Å². The van der Waals surface area contributed by atoms with Crippen molar-refractivity contribution in [3.63, 3.8) is 0 Å². The largest absolute Gasteiger partial charge is 0.381 e. The summed E-state index contributed by atoms with van der Waals surface area (Å²) in [5.74, 6) is 1.12. The highest BCUT2D eigenvalue weighted by Crippen LogP contribution is 2.29. The van der Waals surface area contributed by atoms with Crippen molar-refractivity contribution in [2.75, 3.05) is 19.8 Å². The van der Waals surface area contributed by atoms with E-state index in [1.165, 1.54) is 0 Å². The first-order valence-electron chi connectivity index (χ1n) is 6.79. The molecular weight excluding hydrogens is 216 g/mol. The maximum absolute atomic E-state index is 12.1. The van der Waals surface area contributed by atoms with Gasteiger partial charge in [-0.2, -0.15) is 0 Å². The highest BCUT2D eigenvalue weighted by atomic mass is 16.5. The molecule has 0 radical (unpaired) electrons. The van der Waals surface area contributed by atoms with Gasteiger partial charge in [0.15, 0.2) is 0 Å². The molecule has 1 aliphatic carbocycles. The van der Waals surface area contributed by atoms with Crippen molar-refractivity contribution in [3.05, 3.63) is 0 Å². The summed E-state index contributed by atoms with van der Waals surface area (Å²) in [6.45, 7) is 4.50. The van der Waals surface area contributed by atoms with Gasteiger partial charge in [0, 0.05) is 31.0 Å². The monoisotopic (exact) mass is 240 g/mol. The number of carbonyl (C=O) groups is 1. The Morgan fingerprint density at radius 1 is 1.41 bits per heavy atom. The smallest absolute Gasteiger partial charge is 0.223 e. The predicted molar refractivity (Wildman–Crippen MR) is 66.4 cm³/mol. The number of carbonyl (C=O) groups excluding carboxylic acids is 1. The third-order valence-electron chi connectivity index (χ3n) is 4.29. The van der Waals surface area contributed by atoms with Crippen LogP contribution in [0.15, 0.2) is 0 Å². The van der Waals surface area contributed by atoms with Gasteiger partial charge in [-0.3, -0.25) is 4.79 Å². The van der Waals surface area contributed by atoms with Gasteiger partial charge in [-0.25, -0.2) is 0 Å². The van der Waals surface area contributed by atoms with Gasteiger partial charge in [0.05, 0.1) is 6.61 Å². The minimum absolute atomic E-state index is 0.112. The van der Waals surface area contributed by atoms with Crippen LogP contribution in [0.4, 0.5) is 0 Å². The van der Waals surface area contributed by atoms with Gasteiger partial charge < -0.3 is 15.8 Å². The summed E-state index contributed by atoms with van der Waals surface area (Å²) in [5, 5.41) is 3.07.